The van der Waals surface area contributed by atoms with Gasteiger partial charge in [-0.1, -0.05) is 65.2 Å². The molecule has 0 aliphatic carbocycles. The molecule has 0 aliphatic rings. The molecule has 0 fully saturated rings. The van der Waals surface area contributed by atoms with Gasteiger partial charge in [-0.3, -0.25) is 0 Å². The van der Waals surface area contributed by atoms with Crippen molar-refractivity contribution in [1.29, 1.82) is 0 Å². The van der Waals surface area contributed by atoms with Gasteiger partial charge in [-0.25, -0.2) is 0 Å². The minimum absolute atomic E-state index is 0. The number of hydrogen-bond acceptors (Lipinski definition) is 2. The Morgan fingerprint density at radius 2 is 1.07 bits per heavy atom. The fourth-order valence-electron chi connectivity index (χ4n) is 1.15. The van der Waals surface area contributed by atoms with Crippen LogP contribution in [-0.4, -0.2) is 13.2 Å². The molecule has 0 bridgehead atoms. The average Bonchev–Trinajstić information content (AvgIpc) is 2.19. The second-order valence-electron chi connectivity index (χ2n) is 4.12. The zero-order valence-electron chi connectivity index (χ0n) is 10.5. The molecule has 2 nitrogen and oxygen atoms in total. The third-order valence-electron chi connectivity index (χ3n) is 2.13. The van der Waals surface area contributed by atoms with Crippen LogP contribution in [0.15, 0.2) is 0 Å². The molecule has 0 N–H and O–H groups in total. The Bertz CT molecular complexity index is 87.6. The van der Waals surface area contributed by atoms with Gasteiger partial charge < -0.3 is 10.2 Å². The third kappa shape index (κ3) is 20.5. The third-order valence-corrected chi connectivity index (χ3v) is 2.13. The smallest absolute Gasteiger partial charge is 0.854 e. The van der Waals surface area contributed by atoms with Gasteiger partial charge in [0, 0.05) is 0 Å². The second-order valence-corrected chi connectivity index (χ2v) is 4.12. The van der Waals surface area contributed by atoms with E-state index in [0.717, 1.165) is 25.7 Å². The van der Waals surface area contributed by atoms with Gasteiger partial charge in [0.25, 0.3) is 0 Å². The summed E-state index contributed by atoms with van der Waals surface area (Å²) < 4.78 is 0. The zero-order valence-corrected chi connectivity index (χ0v) is 11.5. The Morgan fingerprint density at radius 3 is 1.13 bits per heavy atom. The molecule has 0 saturated heterocycles. The fraction of sp³-hybridized carbons (Fsp3) is 1.00. The van der Waals surface area contributed by atoms with Crippen molar-refractivity contribution >= 4 is 0 Å². The van der Waals surface area contributed by atoms with Crippen LogP contribution in [0.5, 0.6) is 0 Å². The largest absolute Gasteiger partial charge is 2.00 e. The first-order valence-corrected chi connectivity index (χ1v) is 5.78. The molecule has 2 unspecified atom stereocenters. The molecular weight excluding hydrogens is 240 g/mol. The predicted octanol–water partition coefficient (Wildman–Crippen LogP) is 1.56. The van der Waals surface area contributed by atoms with Crippen molar-refractivity contribution in [1.82, 2.24) is 0 Å². The maximum absolute atomic E-state index is 10.0. The average molecular weight is 266 g/mol. The Kier molecular flexibility index (Phi) is 23.4. The van der Waals surface area contributed by atoms with E-state index in [2.05, 4.69) is 13.8 Å². The first-order valence-electron chi connectivity index (χ1n) is 5.78. The van der Waals surface area contributed by atoms with Crippen molar-refractivity contribution in [3.05, 3.63) is 0 Å². The van der Waals surface area contributed by atoms with Crippen LogP contribution in [-0.2, 0) is 17.1 Å². The molecule has 1 radical (unpaired) electrons. The monoisotopic (exact) mass is 265 g/mol. The predicted molar refractivity (Wildman–Crippen MR) is 57.9 cm³/mol. The van der Waals surface area contributed by atoms with E-state index in [-0.39, 0.29) is 30.3 Å². The summed E-state index contributed by atoms with van der Waals surface area (Å²) in [6, 6.07) is 0. The van der Waals surface area contributed by atoms with Crippen molar-refractivity contribution in [2.45, 2.75) is 53.4 Å². The van der Waals surface area contributed by atoms with Gasteiger partial charge in [-0.2, -0.15) is 0 Å². The van der Waals surface area contributed by atoms with Crippen molar-refractivity contribution in [3.8, 4) is 0 Å². The standard InChI is InChI=1S/2C6H13O.Cu/c2*1-3-4-6(2)5-7;/h2*6H,3-5H2,1-2H3;/q2*-1;+2. The van der Waals surface area contributed by atoms with E-state index < -0.39 is 0 Å². The van der Waals surface area contributed by atoms with Gasteiger partial charge in [0.15, 0.2) is 0 Å². The van der Waals surface area contributed by atoms with Crippen molar-refractivity contribution in [2.75, 3.05) is 13.2 Å². The molecule has 2 atom stereocenters. The molecular formula is C12H26CuO2. The summed E-state index contributed by atoms with van der Waals surface area (Å²) in [6.07, 6.45) is 4.46. The fourth-order valence-corrected chi connectivity index (χ4v) is 1.15. The van der Waals surface area contributed by atoms with E-state index >= 15 is 0 Å². The summed E-state index contributed by atoms with van der Waals surface area (Å²) in [4.78, 5) is 0. The molecule has 0 heterocycles. The van der Waals surface area contributed by atoms with E-state index in [1.54, 1.807) is 0 Å². The van der Waals surface area contributed by atoms with Gasteiger partial charge in [0.1, 0.15) is 0 Å². The normalized spacial score (nSPS) is 13.2. The Morgan fingerprint density at radius 1 is 0.800 bits per heavy atom. The number of hydrogen-bond donors (Lipinski definition) is 0. The molecule has 97 valence electrons. The molecule has 0 amide bonds. The van der Waals surface area contributed by atoms with Crippen LogP contribution in [0.2, 0.25) is 0 Å². The molecule has 3 heteroatoms. The molecule has 0 aromatic rings. The van der Waals surface area contributed by atoms with Gasteiger partial charge >= 0.3 is 17.1 Å². The minimum atomic E-state index is 0. The Hall–Kier alpha value is 0.439. The van der Waals surface area contributed by atoms with Crippen molar-refractivity contribution < 1.29 is 27.3 Å². The quantitative estimate of drug-likeness (QED) is 0.685. The summed E-state index contributed by atoms with van der Waals surface area (Å²) in [5, 5.41) is 20.0. The minimum Gasteiger partial charge on any atom is -0.854 e. The summed E-state index contributed by atoms with van der Waals surface area (Å²) in [7, 11) is 0. The van der Waals surface area contributed by atoms with Crippen LogP contribution in [0.25, 0.3) is 0 Å². The van der Waals surface area contributed by atoms with Gasteiger partial charge in [-0.05, 0) is 0 Å². The molecule has 0 saturated carbocycles. The second kappa shape index (κ2) is 16.9. The van der Waals surface area contributed by atoms with Crippen LogP contribution >= 0.6 is 0 Å². The van der Waals surface area contributed by atoms with Crippen LogP contribution in [0.3, 0.4) is 0 Å². The van der Waals surface area contributed by atoms with Crippen LogP contribution in [0.4, 0.5) is 0 Å². The summed E-state index contributed by atoms with van der Waals surface area (Å²) >= 11 is 0. The Labute approximate surface area is 106 Å². The van der Waals surface area contributed by atoms with Gasteiger partial charge in [-0.15, -0.1) is 13.2 Å². The molecule has 0 aromatic heterocycles. The summed E-state index contributed by atoms with van der Waals surface area (Å²) in [5.41, 5.74) is 0. The van der Waals surface area contributed by atoms with E-state index in [1.165, 1.54) is 0 Å². The van der Waals surface area contributed by atoms with E-state index in [1.807, 2.05) is 13.8 Å². The molecule has 15 heavy (non-hydrogen) atoms. The Balaban J connectivity index is -0.000000180. The van der Waals surface area contributed by atoms with E-state index in [4.69, 9.17) is 0 Å². The molecule has 0 aliphatic heterocycles. The molecule has 0 spiro atoms. The molecule has 0 aromatic carbocycles. The van der Waals surface area contributed by atoms with Gasteiger partial charge in [0.05, 0.1) is 0 Å². The molecule has 0 rings (SSSR count). The summed E-state index contributed by atoms with van der Waals surface area (Å²) in [5.74, 6) is 0.787. The SMILES string of the molecule is CCCC(C)C[O-].CCCC(C)C[O-].[Cu+2]. The van der Waals surface area contributed by atoms with Crippen molar-refractivity contribution in [2.24, 2.45) is 11.8 Å². The van der Waals surface area contributed by atoms with E-state index in [0.29, 0.717) is 11.8 Å². The maximum Gasteiger partial charge on any atom is 2.00 e. The van der Waals surface area contributed by atoms with Crippen LogP contribution < -0.4 is 10.2 Å². The van der Waals surface area contributed by atoms with Crippen LogP contribution in [0, 0.1) is 11.8 Å². The summed E-state index contributed by atoms with van der Waals surface area (Å²) in [6.45, 7) is 8.38. The van der Waals surface area contributed by atoms with E-state index in [9.17, 15) is 10.2 Å². The maximum atomic E-state index is 10.0. The first-order chi connectivity index (χ1) is 6.62. The van der Waals surface area contributed by atoms with Crippen molar-refractivity contribution in [3.63, 3.8) is 0 Å². The first kappa shape index (κ1) is 20.8. The number of rotatable bonds is 6. The van der Waals surface area contributed by atoms with Gasteiger partial charge in [0.2, 0.25) is 0 Å². The zero-order chi connectivity index (χ0) is 11.4. The van der Waals surface area contributed by atoms with Crippen LogP contribution in [0.1, 0.15) is 53.4 Å². The topological polar surface area (TPSA) is 46.1 Å².